The van der Waals surface area contributed by atoms with Crippen LogP contribution in [0, 0.1) is 18.6 Å². The van der Waals surface area contributed by atoms with E-state index in [0.717, 1.165) is 16.6 Å². The van der Waals surface area contributed by atoms with Crippen LogP contribution in [0.15, 0.2) is 24.3 Å². The Morgan fingerprint density at radius 2 is 1.84 bits per heavy atom. The van der Waals surface area contributed by atoms with Gasteiger partial charge < -0.3 is 5.32 Å². The van der Waals surface area contributed by atoms with Crippen LogP contribution in [0.1, 0.15) is 30.0 Å². The summed E-state index contributed by atoms with van der Waals surface area (Å²) < 4.78 is 66.2. The first kappa shape index (κ1) is 17.1. The van der Waals surface area contributed by atoms with E-state index in [4.69, 9.17) is 0 Å². The Balaban J connectivity index is 2.01. The zero-order valence-electron chi connectivity index (χ0n) is 13.1. The van der Waals surface area contributed by atoms with Crippen LogP contribution in [0.4, 0.5) is 27.8 Å². The normalized spacial score (nSPS) is 13.2. The third-order valence-corrected chi connectivity index (χ3v) is 3.49. The Morgan fingerprint density at radius 3 is 2.48 bits per heavy atom. The summed E-state index contributed by atoms with van der Waals surface area (Å²) in [5.41, 5.74) is 0.558. The van der Waals surface area contributed by atoms with Crippen LogP contribution < -0.4 is 5.32 Å². The second-order valence-electron chi connectivity index (χ2n) is 5.46. The van der Waals surface area contributed by atoms with Gasteiger partial charge in [-0.3, -0.25) is 0 Å². The van der Waals surface area contributed by atoms with Crippen molar-refractivity contribution in [3.05, 3.63) is 53.0 Å². The fourth-order valence-electron chi connectivity index (χ4n) is 2.36. The summed E-state index contributed by atoms with van der Waals surface area (Å²) in [4.78, 5) is 7.27. The van der Waals surface area contributed by atoms with Crippen LogP contribution in [0.2, 0.25) is 0 Å². The van der Waals surface area contributed by atoms with E-state index in [9.17, 15) is 22.0 Å². The number of hydrogen-bond donors (Lipinski definition) is 1. The van der Waals surface area contributed by atoms with Crippen molar-refractivity contribution < 1.29 is 22.0 Å². The number of aromatic nitrogens is 4. The summed E-state index contributed by atoms with van der Waals surface area (Å²) in [6, 6.07) is 3.89. The molecule has 0 amide bonds. The van der Waals surface area contributed by atoms with Gasteiger partial charge in [0.15, 0.2) is 0 Å². The zero-order valence-corrected chi connectivity index (χ0v) is 13.1. The smallest absolute Gasteiger partial charge is 0.363 e. The predicted molar refractivity (Wildman–Crippen MR) is 78.9 cm³/mol. The molecule has 2 heterocycles. The number of benzene rings is 1. The van der Waals surface area contributed by atoms with Crippen LogP contribution in [0.25, 0.3) is 5.78 Å². The van der Waals surface area contributed by atoms with Crippen LogP contribution in [0.3, 0.4) is 0 Å². The molecule has 0 aliphatic heterocycles. The van der Waals surface area contributed by atoms with E-state index in [2.05, 4.69) is 20.4 Å². The van der Waals surface area contributed by atoms with E-state index in [0.29, 0.717) is 5.69 Å². The van der Waals surface area contributed by atoms with Crippen LogP contribution in [-0.4, -0.2) is 19.6 Å². The molecule has 0 saturated heterocycles. The first-order valence-corrected chi connectivity index (χ1v) is 7.18. The highest BCUT2D eigenvalue weighted by atomic mass is 19.4. The van der Waals surface area contributed by atoms with Gasteiger partial charge in [-0.15, -0.1) is 5.10 Å². The van der Waals surface area contributed by atoms with Crippen molar-refractivity contribution in [1.82, 2.24) is 19.6 Å². The number of fused-ring (bicyclic) bond motifs is 1. The number of nitrogens with one attached hydrogen (secondary N) is 1. The van der Waals surface area contributed by atoms with Crippen molar-refractivity contribution in [2.24, 2.45) is 0 Å². The highest BCUT2D eigenvalue weighted by Crippen LogP contribution is 2.28. The molecule has 1 atom stereocenters. The van der Waals surface area contributed by atoms with E-state index >= 15 is 0 Å². The zero-order chi connectivity index (χ0) is 18.4. The van der Waals surface area contributed by atoms with E-state index < -0.39 is 29.7 Å². The van der Waals surface area contributed by atoms with Gasteiger partial charge in [0, 0.05) is 23.4 Å². The summed E-state index contributed by atoms with van der Waals surface area (Å²) in [6.45, 7) is 3.16. The van der Waals surface area contributed by atoms with E-state index in [-0.39, 0.29) is 17.2 Å². The lowest BCUT2D eigenvalue weighted by molar-refractivity contribution is -0.144. The van der Waals surface area contributed by atoms with Gasteiger partial charge in [0.2, 0.25) is 0 Å². The minimum atomic E-state index is -4.71. The molecule has 2 aromatic heterocycles. The van der Waals surface area contributed by atoms with Crippen molar-refractivity contribution in [3.63, 3.8) is 0 Å². The molecule has 0 radical (unpaired) electrons. The summed E-state index contributed by atoms with van der Waals surface area (Å²) in [5.74, 6) is -2.89. The maximum Gasteiger partial charge on any atom is 0.453 e. The van der Waals surface area contributed by atoms with Crippen LogP contribution in [-0.2, 0) is 6.18 Å². The summed E-state index contributed by atoms with van der Waals surface area (Å²) in [7, 11) is 0. The molecule has 0 bridgehead atoms. The van der Waals surface area contributed by atoms with Gasteiger partial charge in [0.05, 0.1) is 6.04 Å². The Labute approximate surface area is 138 Å². The third-order valence-electron chi connectivity index (χ3n) is 3.49. The number of halogens is 5. The van der Waals surface area contributed by atoms with Gasteiger partial charge in [0.1, 0.15) is 17.5 Å². The molecule has 0 aliphatic carbocycles. The number of alkyl halides is 3. The molecule has 0 saturated carbocycles. The Morgan fingerprint density at radius 1 is 1.12 bits per heavy atom. The van der Waals surface area contributed by atoms with Gasteiger partial charge in [-0.2, -0.15) is 22.7 Å². The molecule has 1 aromatic carbocycles. The highest BCUT2D eigenvalue weighted by Gasteiger charge is 2.37. The molecule has 0 unspecified atom stereocenters. The maximum absolute atomic E-state index is 13.9. The number of rotatable bonds is 3. The lowest BCUT2D eigenvalue weighted by atomic mass is 10.1. The predicted octanol–water partition coefficient (Wildman–Crippen LogP) is 3.90. The molecule has 0 fully saturated rings. The fourth-order valence-corrected chi connectivity index (χ4v) is 2.36. The Hall–Kier alpha value is -2.78. The van der Waals surface area contributed by atoms with E-state index in [1.165, 1.54) is 12.1 Å². The lowest BCUT2D eigenvalue weighted by Crippen LogP contribution is -2.13. The molecule has 5 nitrogen and oxygen atoms in total. The molecule has 0 aliphatic rings. The quantitative estimate of drug-likeness (QED) is 0.723. The van der Waals surface area contributed by atoms with E-state index in [1.807, 2.05) is 0 Å². The molecule has 132 valence electrons. The summed E-state index contributed by atoms with van der Waals surface area (Å²) in [5, 5.41) is 6.27. The molecule has 10 heteroatoms. The summed E-state index contributed by atoms with van der Waals surface area (Å²) in [6.07, 6.45) is -4.71. The Bertz CT molecular complexity index is 934. The van der Waals surface area contributed by atoms with Crippen molar-refractivity contribution >= 4 is 11.6 Å². The fraction of sp³-hybridized carbons (Fsp3) is 0.267. The number of aryl methyl sites for hydroxylation is 1. The molecule has 1 N–H and O–H groups in total. The molecule has 25 heavy (non-hydrogen) atoms. The standard InChI is InChI=1S/C15H12F5N5/c1-7-5-12(22-8(2)10-4-3-9(16)6-11(10)17)25-14(21-7)23-13(24-25)15(18,19)20/h3-6,8,22H,1-2H3/t8-/m1/s1. The van der Waals surface area contributed by atoms with Crippen molar-refractivity contribution in [2.45, 2.75) is 26.1 Å². The van der Waals surface area contributed by atoms with Gasteiger partial charge in [0.25, 0.3) is 11.6 Å². The maximum atomic E-state index is 13.9. The van der Waals surface area contributed by atoms with Crippen LogP contribution >= 0.6 is 0 Å². The molecule has 0 spiro atoms. The largest absolute Gasteiger partial charge is 0.453 e. The summed E-state index contributed by atoms with van der Waals surface area (Å²) >= 11 is 0. The number of anilines is 1. The van der Waals surface area contributed by atoms with Gasteiger partial charge in [-0.05, 0) is 19.9 Å². The first-order valence-electron chi connectivity index (χ1n) is 7.18. The van der Waals surface area contributed by atoms with Crippen LogP contribution in [0.5, 0.6) is 0 Å². The second-order valence-corrected chi connectivity index (χ2v) is 5.46. The first-order chi connectivity index (χ1) is 11.6. The molecular formula is C15H12F5N5. The van der Waals surface area contributed by atoms with Crippen molar-refractivity contribution in [3.8, 4) is 0 Å². The Kier molecular flexibility index (Phi) is 4.05. The third kappa shape index (κ3) is 3.37. The van der Waals surface area contributed by atoms with Gasteiger partial charge in [-0.1, -0.05) is 6.07 Å². The molecular weight excluding hydrogens is 345 g/mol. The average molecular weight is 357 g/mol. The van der Waals surface area contributed by atoms with E-state index in [1.54, 1.807) is 13.8 Å². The molecule has 3 aromatic rings. The number of hydrogen-bond acceptors (Lipinski definition) is 4. The topological polar surface area (TPSA) is 55.1 Å². The molecule has 3 rings (SSSR count). The lowest BCUT2D eigenvalue weighted by Gasteiger charge is -2.17. The second kappa shape index (κ2) is 5.94. The van der Waals surface area contributed by atoms with Crippen molar-refractivity contribution in [2.75, 3.05) is 5.32 Å². The van der Waals surface area contributed by atoms with Crippen molar-refractivity contribution in [1.29, 1.82) is 0 Å². The SMILES string of the molecule is Cc1cc(N[C@H](C)c2ccc(F)cc2F)n2nc(C(F)(F)F)nc2n1. The minimum absolute atomic E-state index is 0.153. The monoisotopic (exact) mass is 357 g/mol. The average Bonchev–Trinajstić information content (AvgIpc) is 2.91. The number of nitrogens with zero attached hydrogens (tertiary/aromatic N) is 4. The van der Waals surface area contributed by atoms with Gasteiger partial charge >= 0.3 is 6.18 Å². The minimum Gasteiger partial charge on any atom is -0.363 e. The van der Waals surface area contributed by atoms with Gasteiger partial charge in [-0.25, -0.2) is 13.8 Å². The highest BCUT2D eigenvalue weighted by molar-refractivity contribution is 5.47.